The molecule has 0 aliphatic carbocycles. The van der Waals surface area contributed by atoms with E-state index in [1.165, 1.54) is 0 Å². The van der Waals surface area contributed by atoms with E-state index in [4.69, 9.17) is 23.2 Å². The fourth-order valence-electron chi connectivity index (χ4n) is 0.285. The maximum Gasteiger partial charge on any atom is 0.319 e. The van der Waals surface area contributed by atoms with Crippen LogP contribution in [-0.4, -0.2) is 25.0 Å². The molecular weight excluding hydrogens is 198 g/mol. The van der Waals surface area contributed by atoms with Gasteiger partial charge in [-0.15, -0.1) is 23.2 Å². The zero-order valence-corrected chi connectivity index (χ0v) is 7.82. The molecule has 0 heterocycles. The number of hydrogen-bond donors (Lipinski definition) is 0. The van der Waals surface area contributed by atoms with Gasteiger partial charge in [-0.25, -0.2) is 0 Å². The number of halogens is 2. The van der Waals surface area contributed by atoms with Gasteiger partial charge in [0.2, 0.25) is 0 Å². The summed E-state index contributed by atoms with van der Waals surface area (Å²) in [6.45, 7) is 0.503. The van der Waals surface area contributed by atoms with Gasteiger partial charge in [0.25, 0.3) is 0 Å². The highest BCUT2D eigenvalue weighted by atomic mass is 35.5. The third-order valence-corrected chi connectivity index (χ3v) is 1.78. The molecule has 62 valence electrons. The Kier molecular flexibility index (Phi) is 8.40. The Hall–Kier alpha value is 0.730. The third kappa shape index (κ3) is 6.84. The van der Waals surface area contributed by atoms with Gasteiger partial charge in [-0.1, -0.05) is 0 Å². The minimum Gasteiger partial charge on any atom is -0.309 e. The van der Waals surface area contributed by atoms with Crippen molar-refractivity contribution >= 4 is 31.5 Å². The van der Waals surface area contributed by atoms with Crippen molar-refractivity contribution in [3.05, 3.63) is 0 Å². The molecule has 0 aliphatic heterocycles. The van der Waals surface area contributed by atoms with E-state index in [-0.39, 0.29) is 13.2 Å². The van der Waals surface area contributed by atoms with Gasteiger partial charge in [0, 0.05) is 11.8 Å². The third-order valence-electron chi connectivity index (χ3n) is 0.594. The van der Waals surface area contributed by atoms with Crippen LogP contribution in [0.5, 0.6) is 0 Å². The van der Waals surface area contributed by atoms with Crippen molar-refractivity contribution in [3.8, 4) is 0 Å². The number of alkyl halides is 2. The summed E-state index contributed by atoms with van der Waals surface area (Å²) in [6.07, 6.45) is 0. The second-order valence-electron chi connectivity index (χ2n) is 1.32. The predicted molar refractivity (Wildman–Crippen MR) is 42.3 cm³/mol. The average Bonchev–Trinajstić information content (AvgIpc) is 1.97. The van der Waals surface area contributed by atoms with Gasteiger partial charge in [-0.3, -0.25) is 4.57 Å². The molecule has 0 unspecified atom stereocenters. The minimum absolute atomic E-state index is 0.252. The molecule has 0 saturated heterocycles. The van der Waals surface area contributed by atoms with Gasteiger partial charge in [0.05, 0.1) is 13.2 Å². The molecule has 3 nitrogen and oxygen atoms in total. The van der Waals surface area contributed by atoms with Crippen molar-refractivity contribution < 1.29 is 13.6 Å². The first-order chi connectivity index (χ1) is 4.81. The SMILES string of the molecule is O=[PH](OCCCl)OCCCl. The van der Waals surface area contributed by atoms with Crippen LogP contribution in [0.3, 0.4) is 0 Å². The number of rotatable bonds is 6. The highest BCUT2D eigenvalue weighted by Gasteiger charge is 1.96. The van der Waals surface area contributed by atoms with E-state index in [9.17, 15) is 4.57 Å². The summed E-state index contributed by atoms with van der Waals surface area (Å²) in [5, 5.41) is 0. The fraction of sp³-hybridized carbons (Fsp3) is 1.00. The smallest absolute Gasteiger partial charge is 0.309 e. The van der Waals surface area contributed by atoms with Crippen LogP contribution in [0.2, 0.25) is 0 Å². The molecule has 6 heteroatoms. The van der Waals surface area contributed by atoms with Crippen LogP contribution in [0.25, 0.3) is 0 Å². The Morgan fingerprint density at radius 1 is 1.10 bits per heavy atom. The molecule has 0 atom stereocenters. The summed E-state index contributed by atoms with van der Waals surface area (Å²) < 4.78 is 19.8. The van der Waals surface area contributed by atoms with Crippen LogP contribution in [-0.2, 0) is 13.6 Å². The molecule has 0 bridgehead atoms. The van der Waals surface area contributed by atoms with E-state index in [0.717, 1.165) is 0 Å². The van der Waals surface area contributed by atoms with Crippen molar-refractivity contribution in [1.29, 1.82) is 0 Å². The van der Waals surface area contributed by atoms with Crippen molar-refractivity contribution in [1.82, 2.24) is 0 Å². The van der Waals surface area contributed by atoms with E-state index in [1.807, 2.05) is 0 Å². The first-order valence-corrected chi connectivity index (χ1v) is 5.02. The molecule has 0 radical (unpaired) electrons. The zero-order valence-electron chi connectivity index (χ0n) is 5.31. The van der Waals surface area contributed by atoms with Gasteiger partial charge in [-0.2, -0.15) is 0 Å². The Morgan fingerprint density at radius 2 is 1.50 bits per heavy atom. The molecule has 0 saturated carbocycles. The van der Waals surface area contributed by atoms with Crippen molar-refractivity contribution in [2.45, 2.75) is 0 Å². The predicted octanol–water partition coefficient (Wildman–Crippen LogP) is 1.89. The normalized spacial score (nSPS) is 10.7. The number of hydrogen-bond acceptors (Lipinski definition) is 3. The fourth-order valence-corrected chi connectivity index (χ4v) is 1.32. The van der Waals surface area contributed by atoms with Gasteiger partial charge in [0.15, 0.2) is 0 Å². The first-order valence-electron chi connectivity index (χ1n) is 2.72. The molecule has 0 rings (SSSR count). The lowest BCUT2D eigenvalue weighted by Crippen LogP contribution is -1.91. The van der Waals surface area contributed by atoms with Crippen molar-refractivity contribution in [2.75, 3.05) is 25.0 Å². The summed E-state index contributed by atoms with van der Waals surface area (Å²) in [5.74, 6) is 0.640. The molecule has 0 aromatic carbocycles. The average molecular weight is 207 g/mol. The minimum atomic E-state index is -2.33. The maximum absolute atomic E-state index is 10.6. The van der Waals surface area contributed by atoms with E-state index in [1.54, 1.807) is 0 Å². The Balaban J connectivity index is 3.09. The largest absolute Gasteiger partial charge is 0.319 e. The van der Waals surface area contributed by atoms with E-state index >= 15 is 0 Å². The van der Waals surface area contributed by atoms with Crippen LogP contribution in [0, 0.1) is 0 Å². The van der Waals surface area contributed by atoms with Gasteiger partial charge < -0.3 is 9.05 Å². The second kappa shape index (κ2) is 7.83. The molecule has 0 aromatic rings. The molecule has 0 spiro atoms. The van der Waals surface area contributed by atoms with Crippen LogP contribution in [0.15, 0.2) is 0 Å². The highest BCUT2D eigenvalue weighted by molar-refractivity contribution is 7.33. The quantitative estimate of drug-likeness (QED) is 0.492. The van der Waals surface area contributed by atoms with E-state index in [0.29, 0.717) is 11.8 Å². The Bertz CT molecular complexity index is 90.5. The van der Waals surface area contributed by atoms with Crippen LogP contribution in [0.1, 0.15) is 0 Å². The molecule has 10 heavy (non-hydrogen) atoms. The monoisotopic (exact) mass is 206 g/mol. The molecule has 0 aromatic heterocycles. The molecule has 0 amide bonds. The first kappa shape index (κ1) is 10.7. The lowest BCUT2D eigenvalue weighted by atomic mass is 10.9. The second-order valence-corrected chi connectivity index (χ2v) is 3.16. The topological polar surface area (TPSA) is 35.5 Å². The van der Waals surface area contributed by atoms with Gasteiger partial charge in [-0.05, 0) is 0 Å². The zero-order chi connectivity index (χ0) is 7.82. The van der Waals surface area contributed by atoms with Crippen molar-refractivity contribution in [3.63, 3.8) is 0 Å². The summed E-state index contributed by atoms with van der Waals surface area (Å²) in [6, 6.07) is 0. The summed E-state index contributed by atoms with van der Waals surface area (Å²) in [7, 11) is -2.33. The summed E-state index contributed by atoms with van der Waals surface area (Å²) in [4.78, 5) is 0. The molecule has 0 fully saturated rings. The van der Waals surface area contributed by atoms with Crippen LogP contribution >= 0.6 is 31.5 Å². The summed E-state index contributed by atoms with van der Waals surface area (Å²) in [5.41, 5.74) is 0. The van der Waals surface area contributed by atoms with E-state index in [2.05, 4.69) is 9.05 Å². The van der Waals surface area contributed by atoms with Gasteiger partial charge in [0.1, 0.15) is 0 Å². The standard InChI is InChI=1S/C4H9Cl2O3P/c5-1-3-8-10(7)9-4-2-6/h10H,1-4H2. The lowest BCUT2D eigenvalue weighted by molar-refractivity contribution is 0.245. The lowest BCUT2D eigenvalue weighted by Gasteiger charge is -2.00. The van der Waals surface area contributed by atoms with E-state index < -0.39 is 8.25 Å². The molecular formula is C4H9Cl2O3P. The maximum atomic E-state index is 10.6. The highest BCUT2D eigenvalue weighted by Crippen LogP contribution is 2.22. The Labute approximate surface area is 70.5 Å². The summed E-state index contributed by atoms with van der Waals surface area (Å²) >= 11 is 10.5. The van der Waals surface area contributed by atoms with Crippen LogP contribution in [0.4, 0.5) is 0 Å². The molecule has 0 N–H and O–H groups in total. The van der Waals surface area contributed by atoms with Crippen LogP contribution < -0.4 is 0 Å². The molecule has 0 aliphatic rings. The van der Waals surface area contributed by atoms with Gasteiger partial charge >= 0.3 is 8.25 Å². The van der Waals surface area contributed by atoms with Crippen molar-refractivity contribution in [2.24, 2.45) is 0 Å². The Morgan fingerprint density at radius 3 is 1.80 bits per heavy atom.